The first-order valence-corrected chi connectivity index (χ1v) is 5.70. The number of rotatable bonds is 7. The molecule has 0 aliphatic carbocycles. The van der Waals surface area contributed by atoms with Crippen LogP contribution in [0.5, 0.6) is 0 Å². The molecule has 1 unspecified atom stereocenters. The second-order valence-electron chi connectivity index (χ2n) is 4.20. The van der Waals surface area contributed by atoms with Gasteiger partial charge in [-0.3, -0.25) is 4.79 Å². The van der Waals surface area contributed by atoms with Crippen molar-refractivity contribution in [1.82, 2.24) is 4.90 Å². The average Bonchev–Trinajstić information content (AvgIpc) is 2.69. The molecule has 4 heteroatoms. The van der Waals surface area contributed by atoms with Crippen molar-refractivity contribution in [3.05, 3.63) is 0 Å². The van der Waals surface area contributed by atoms with Crippen molar-refractivity contribution in [1.29, 1.82) is 0 Å². The smallest absolute Gasteiger partial charge is 0.303 e. The Morgan fingerprint density at radius 1 is 1.47 bits per heavy atom. The first-order chi connectivity index (χ1) is 7.20. The number of nitrogens with zero attached hydrogens (tertiary/aromatic N) is 1. The topological polar surface area (TPSA) is 49.8 Å². The van der Waals surface area contributed by atoms with Crippen molar-refractivity contribution in [3.63, 3.8) is 0 Å². The van der Waals surface area contributed by atoms with Crippen LogP contribution in [0.3, 0.4) is 0 Å². The molecule has 1 aliphatic heterocycles. The summed E-state index contributed by atoms with van der Waals surface area (Å²) in [5, 5.41) is 8.47. The quantitative estimate of drug-likeness (QED) is 0.651. The first-order valence-electron chi connectivity index (χ1n) is 5.70. The Balaban J connectivity index is 1.96. The van der Waals surface area contributed by atoms with Crippen molar-refractivity contribution in [2.75, 3.05) is 26.8 Å². The summed E-state index contributed by atoms with van der Waals surface area (Å²) in [6.07, 6.45) is 4.32. The van der Waals surface area contributed by atoms with Gasteiger partial charge in [0.15, 0.2) is 0 Å². The second kappa shape index (κ2) is 6.80. The van der Waals surface area contributed by atoms with Gasteiger partial charge in [0.2, 0.25) is 0 Å². The molecular weight excluding hydrogens is 194 g/mol. The van der Waals surface area contributed by atoms with Gasteiger partial charge in [0.1, 0.15) is 0 Å². The fraction of sp³-hybridized carbons (Fsp3) is 0.909. The van der Waals surface area contributed by atoms with Crippen molar-refractivity contribution in [3.8, 4) is 0 Å². The highest BCUT2D eigenvalue weighted by atomic mass is 16.5. The average molecular weight is 215 g/mol. The number of carbonyl (C=O) groups is 1. The number of likely N-dealkylation sites (N-methyl/N-ethyl adjacent to an activating group) is 1. The van der Waals surface area contributed by atoms with Crippen LogP contribution in [0.1, 0.15) is 32.1 Å². The van der Waals surface area contributed by atoms with Crippen LogP contribution in [0.2, 0.25) is 0 Å². The number of carboxylic acids is 1. The zero-order chi connectivity index (χ0) is 11.1. The Labute approximate surface area is 91.2 Å². The van der Waals surface area contributed by atoms with E-state index in [1.165, 1.54) is 0 Å². The van der Waals surface area contributed by atoms with Gasteiger partial charge in [0, 0.05) is 19.1 Å². The normalized spacial score (nSPS) is 21.1. The van der Waals surface area contributed by atoms with Gasteiger partial charge in [0.25, 0.3) is 0 Å². The highest BCUT2D eigenvalue weighted by Gasteiger charge is 2.19. The van der Waals surface area contributed by atoms with E-state index in [9.17, 15) is 4.79 Å². The van der Waals surface area contributed by atoms with E-state index in [1.807, 2.05) is 0 Å². The lowest BCUT2D eigenvalue weighted by atomic mass is 10.1. The molecular formula is C11H21NO3. The van der Waals surface area contributed by atoms with Gasteiger partial charge in [-0.15, -0.1) is 0 Å². The molecule has 0 radical (unpaired) electrons. The number of aliphatic carboxylic acids is 1. The van der Waals surface area contributed by atoms with E-state index in [2.05, 4.69) is 11.9 Å². The van der Waals surface area contributed by atoms with Gasteiger partial charge in [-0.05, 0) is 32.9 Å². The molecule has 1 saturated heterocycles. The lowest BCUT2D eigenvalue weighted by Crippen LogP contribution is -2.32. The maximum absolute atomic E-state index is 10.3. The maximum atomic E-state index is 10.3. The van der Waals surface area contributed by atoms with Gasteiger partial charge < -0.3 is 14.7 Å². The van der Waals surface area contributed by atoms with E-state index in [0.717, 1.165) is 45.4 Å². The summed E-state index contributed by atoms with van der Waals surface area (Å²) >= 11 is 0. The summed E-state index contributed by atoms with van der Waals surface area (Å²) in [6, 6.07) is 0.574. The van der Waals surface area contributed by atoms with Gasteiger partial charge >= 0.3 is 5.97 Å². The van der Waals surface area contributed by atoms with Crippen LogP contribution in [0, 0.1) is 0 Å². The molecule has 0 bridgehead atoms. The molecule has 0 amide bonds. The maximum Gasteiger partial charge on any atom is 0.303 e. The highest BCUT2D eigenvalue weighted by Crippen LogP contribution is 2.11. The van der Waals surface area contributed by atoms with Crippen LogP contribution in [-0.2, 0) is 9.53 Å². The Morgan fingerprint density at radius 2 is 2.27 bits per heavy atom. The Hall–Kier alpha value is -0.610. The molecule has 15 heavy (non-hydrogen) atoms. The van der Waals surface area contributed by atoms with E-state index in [0.29, 0.717) is 12.5 Å². The summed E-state index contributed by atoms with van der Waals surface area (Å²) in [4.78, 5) is 12.6. The van der Waals surface area contributed by atoms with Gasteiger partial charge in [0.05, 0.1) is 6.61 Å². The third-order valence-corrected chi connectivity index (χ3v) is 2.93. The number of ether oxygens (including phenoxy) is 1. The predicted molar refractivity (Wildman–Crippen MR) is 58.0 cm³/mol. The molecule has 1 atom stereocenters. The minimum Gasteiger partial charge on any atom is -0.481 e. The van der Waals surface area contributed by atoms with Crippen molar-refractivity contribution in [2.45, 2.75) is 38.1 Å². The van der Waals surface area contributed by atoms with E-state index in [1.54, 1.807) is 0 Å². The van der Waals surface area contributed by atoms with E-state index >= 15 is 0 Å². The molecule has 0 aromatic carbocycles. The fourth-order valence-electron chi connectivity index (χ4n) is 1.87. The largest absolute Gasteiger partial charge is 0.481 e. The van der Waals surface area contributed by atoms with E-state index in [4.69, 9.17) is 9.84 Å². The lowest BCUT2D eigenvalue weighted by molar-refractivity contribution is -0.137. The number of carboxylic acid groups (broad SMARTS) is 1. The molecule has 1 rings (SSSR count). The zero-order valence-electron chi connectivity index (χ0n) is 9.45. The van der Waals surface area contributed by atoms with Crippen LogP contribution in [0.15, 0.2) is 0 Å². The molecule has 0 spiro atoms. The monoisotopic (exact) mass is 215 g/mol. The van der Waals surface area contributed by atoms with Gasteiger partial charge in [-0.2, -0.15) is 0 Å². The summed E-state index contributed by atoms with van der Waals surface area (Å²) in [5.41, 5.74) is 0. The second-order valence-corrected chi connectivity index (χ2v) is 4.20. The molecule has 1 aliphatic rings. The summed E-state index contributed by atoms with van der Waals surface area (Å²) in [6.45, 7) is 2.79. The van der Waals surface area contributed by atoms with Crippen molar-refractivity contribution < 1.29 is 14.6 Å². The van der Waals surface area contributed by atoms with Gasteiger partial charge in [-0.1, -0.05) is 6.42 Å². The molecule has 88 valence electrons. The standard InChI is InChI=1S/C11H21NO3/c1-12(10-6-8-15-9-10)7-4-2-3-5-11(13)14/h10H,2-9H2,1H3,(H,13,14). The SMILES string of the molecule is CN(CCCCCC(=O)O)C1CCOC1. The number of unbranched alkanes of at least 4 members (excludes halogenated alkanes) is 2. The first kappa shape index (κ1) is 12.5. The third-order valence-electron chi connectivity index (χ3n) is 2.93. The molecule has 0 aromatic heterocycles. The van der Waals surface area contributed by atoms with Crippen LogP contribution >= 0.6 is 0 Å². The third kappa shape index (κ3) is 5.14. The minimum atomic E-state index is -0.687. The van der Waals surface area contributed by atoms with Gasteiger partial charge in [-0.25, -0.2) is 0 Å². The molecule has 1 heterocycles. The Morgan fingerprint density at radius 3 is 2.87 bits per heavy atom. The Kier molecular flexibility index (Phi) is 5.65. The molecule has 1 N–H and O–H groups in total. The summed E-state index contributed by atoms with van der Waals surface area (Å²) < 4.78 is 5.32. The lowest BCUT2D eigenvalue weighted by Gasteiger charge is -2.22. The van der Waals surface area contributed by atoms with E-state index < -0.39 is 5.97 Å². The number of hydrogen-bond donors (Lipinski definition) is 1. The van der Waals surface area contributed by atoms with Crippen molar-refractivity contribution in [2.24, 2.45) is 0 Å². The zero-order valence-corrected chi connectivity index (χ0v) is 9.45. The summed E-state index contributed by atoms with van der Waals surface area (Å²) in [7, 11) is 2.12. The van der Waals surface area contributed by atoms with Crippen molar-refractivity contribution >= 4 is 5.97 Å². The molecule has 0 aromatic rings. The molecule has 4 nitrogen and oxygen atoms in total. The highest BCUT2D eigenvalue weighted by molar-refractivity contribution is 5.66. The fourth-order valence-corrected chi connectivity index (χ4v) is 1.87. The number of hydrogen-bond acceptors (Lipinski definition) is 3. The molecule has 1 fully saturated rings. The Bertz CT molecular complexity index is 190. The van der Waals surface area contributed by atoms with Crippen LogP contribution in [0.25, 0.3) is 0 Å². The summed E-state index contributed by atoms with van der Waals surface area (Å²) in [5.74, 6) is -0.687. The predicted octanol–water partition coefficient (Wildman–Crippen LogP) is 1.35. The van der Waals surface area contributed by atoms with E-state index in [-0.39, 0.29) is 0 Å². The van der Waals surface area contributed by atoms with Crippen LogP contribution < -0.4 is 0 Å². The van der Waals surface area contributed by atoms with Crippen LogP contribution in [0.4, 0.5) is 0 Å². The van der Waals surface area contributed by atoms with Crippen LogP contribution in [-0.4, -0.2) is 48.8 Å². The molecule has 0 saturated carbocycles. The minimum absolute atomic E-state index is 0.302.